The van der Waals surface area contributed by atoms with E-state index in [9.17, 15) is 0 Å². The van der Waals surface area contributed by atoms with E-state index in [1.807, 2.05) is 0 Å². The zero-order chi connectivity index (χ0) is 9.54. The maximum atomic E-state index is 2.78. The Balaban J connectivity index is 1.62. The molecule has 0 spiro atoms. The first-order chi connectivity index (χ1) is 6.83. The summed E-state index contributed by atoms with van der Waals surface area (Å²) in [5.74, 6) is 2.10. The molecule has 1 saturated carbocycles. The third-order valence-electron chi connectivity index (χ3n) is 4.12. The summed E-state index contributed by atoms with van der Waals surface area (Å²) in [5.41, 5.74) is 0. The van der Waals surface area contributed by atoms with Crippen molar-refractivity contribution in [3.63, 3.8) is 0 Å². The van der Waals surface area contributed by atoms with Gasteiger partial charge in [0.05, 0.1) is 0 Å². The Morgan fingerprint density at radius 1 is 1.07 bits per heavy atom. The Morgan fingerprint density at radius 2 is 1.86 bits per heavy atom. The van der Waals surface area contributed by atoms with Gasteiger partial charge < -0.3 is 0 Å². The van der Waals surface area contributed by atoms with E-state index in [1.165, 1.54) is 51.9 Å². The third kappa shape index (κ3) is 1.95. The molecule has 0 unspecified atom stereocenters. The quantitative estimate of drug-likeness (QED) is 0.570. The van der Waals surface area contributed by atoms with Crippen LogP contribution in [0.25, 0.3) is 0 Å². The second-order valence-electron chi connectivity index (χ2n) is 5.21. The highest BCUT2D eigenvalue weighted by molar-refractivity contribution is 14.1. The topological polar surface area (TPSA) is 6.48 Å². The van der Waals surface area contributed by atoms with Crippen LogP contribution in [0.4, 0.5) is 0 Å². The van der Waals surface area contributed by atoms with Crippen LogP contribution >= 0.6 is 22.9 Å². The first-order valence-corrected chi connectivity index (χ1v) is 6.94. The summed E-state index contributed by atoms with van der Waals surface area (Å²) < 4.78 is 2.49. The molecule has 2 heterocycles. The molecule has 0 aromatic rings. The number of hydrogen-bond donors (Lipinski definition) is 0. The lowest BCUT2D eigenvalue weighted by molar-refractivity contribution is 0.161. The van der Waals surface area contributed by atoms with Crippen molar-refractivity contribution in [2.75, 3.05) is 26.2 Å². The standard InChI is InChI=1S/C11H19IN2/c12-14-6-4-10-3-5-13(11(10)8-14)7-9-1-2-9/h9-11H,1-8H2/t10-,11+/m1/s1. The number of nitrogens with zero attached hydrogens (tertiary/aromatic N) is 2. The minimum atomic E-state index is 0.904. The van der Waals surface area contributed by atoms with Gasteiger partial charge in [0.15, 0.2) is 0 Å². The summed E-state index contributed by atoms with van der Waals surface area (Å²) >= 11 is 2.50. The Labute approximate surface area is 101 Å². The highest BCUT2D eigenvalue weighted by Crippen LogP contribution is 2.37. The molecule has 0 aromatic heterocycles. The maximum absolute atomic E-state index is 2.78. The smallest absolute Gasteiger partial charge is 0.0260 e. The fraction of sp³-hybridized carbons (Fsp3) is 1.00. The average Bonchev–Trinajstić information content (AvgIpc) is 2.90. The van der Waals surface area contributed by atoms with Crippen molar-refractivity contribution < 1.29 is 0 Å². The normalized spacial score (nSPS) is 40.1. The van der Waals surface area contributed by atoms with E-state index in [2.05, 4.69) is 30.9 Å². The van der Waals surface area contributed by atoms with Gasteiger partial charge in [-0.2, -0.15) is 0 Å². The Bertz CT molecular complexity index is 217. The van der Waals surface area contributed by atoms with Gasteiger partial charge in [0.25, 0.3) is 0 Å². The second-order valence-corrected chi connectivity index (χ2v) is 6.58. The predicted molar refractivity (Wildman–Crippen MR) is 66.4 cm³/mol. The highest BCUT2D eigenvalue weighted by Gasteiger charge is 2.39. The second kappa shape index (κ2) is 3.91. The Hall–Kier alpha value is 0.650. The van der Waals surface area contributed by atoms with Gasteiger partial charge in [0.1, 0.15) is 0 Å². The molecule has 2 aliphatic heterocycles. The largest absolute Gasteiger partial charge is 0.299 e. The zero-order valence-electron chi connectivity index (χ0n) is 8.66. The number of piperidine rings is 1. The van der Waals surface area contributed by atoms with Crippen molar-refractivity contribution in [3.8, 4) is 0 Å². The third-order valence-corrected chi connectivity index (χ3v) is 4.99. The lowest BCUT2D eigenvalue weighted by Gasteiger charge is -2.35. The van der Waals surface area contributed by atoms with Crippen molar-refractivity contribution in [3.05, 3.63) is 0 Å². The Kier molecular flexibility index (Phi) is 2.75. The van der Waals surface area contributed by atoms with Gasteiger partial charge in [-0.3, -0.25) is 4.90 Å². The first kappa shape index (κ1) is 9.85. The summed E-state index contributed by atoms with van der Waals surface area (Å²) in [5, 5.41) is 0. The Morgan fingerprint density at radius 3 is 2.64 bits per heavy atom. The molecule has 2 atom stereocenters. The van der Waals surface area contributed by atoms with Crippen LogP contribution in [0.5, 0.6) is 0 Å². The van der Waals surface area contributed by atoms with Gasteiger partial charge in [0, 0.05) is 48.5 Å². The number of rotatable bonds is 2. The lowest BCUT2D eigenvalue weighted by atomic mass is 9.93. The van der Waals surface area contributed by atoms with E-state index in [0.29, 0.717) is 0 Å². The van der Waals surface area contributed by atoms with E-state index >= 15 is 0 Å². The van der Waals surface area contributed by atoms with Crippen LogP contribution in [0.15, 0.2) is 0 Å². The molecule has 3 heteroatoms. The number of hydrogen-bond acceptors (Lipinski definition) is 2. The molecular weight excluding hydrogens is 287 g/mol. The molecule has 2 nitrogen and oxygen atoms in total. The molecule has 80 valence electrons. The van der Waals surface area contributed by atoms with Gasteiger partial charge in [0.2, 0.25) is 0 Å². The van der Waals surface area contributed by atoms with Crippen LogP contribution in [0.2, 0.25) is 0 Å². The number of halogens is 1. The molecule has 0 bridgehead atoms. The molecule has 1 aliphatic carbocycles. The summed E-state index contributed by atoms with van der Waals surface area (Å²) in [6.45, 7) is 5.43. The van der Waals surface area contributed by atoms with Gasteiger partial charge in [-0.1, -0.05) is 0 Å². The van der Waals surface area contributed by atoms with Crippen molar-refractivity contribution in [2.24, 2.45) is 11.8 Å². The maximum Gasteiger partial charge on any atom is 0.0260 e. The van der Waals surface area contributed by atoms with Crippen molar-refractivity contribution in [2.45, 2.75) is 31.7 Å². The molecule has 2 saturated heterocycles. The monoisotopic (exact) mass is 306 g/mol. The van der Waals surface area contributed by atoms with Crippen molar-refractivity contribution in [1.82, 2.24) is 8.01 Å². The van der Waals surface area contributed by atoms with E-state index in [1.54, 1.807) is 0 Å². The van der Waals surface area contributed by atoms with Gasteiger partial charge >= 0.3 is 0 Å². The van der Waals surface area contributed by atoms with E-state index < -0.39 is 0 Å². The summed E-state index contributed by atoms with van der Waals surface area (Å²) in [6, 6.07) is 0.904. The summed E-state index contributed by atoms with van der Waals surface area (Å²) in [4.78, 5) is 2.78. The van der Waals surface area contributed by atoms with E-state index in [0.717, 1.165) is 17.9 Å². The van der Waals surface area contributed by atoms with Crippen molar-refractivity contribution >= 4 is 22.9 Å². The number of fused-ring (bicyclic) bond motifs is 1. The van der Waals surface area contributed by atoms with Crippen LogP contribution < -0.4 is 0 Å². The van der Waals surface area contributed by atoms with Crippen molar-refractivity contribution in [1.29, 1.82) is 0 Å². The van der Waals surface area contributed by atoms with Crippen LogP contribution in [-0.2, 0) is 0 Å². The highest BCUT2D eigenvalue weighted by atomic mass is 127. The number of likely N-dealkylation sites (tertiary alicyclic amines) is 1. The SMILES string of the molecule is IN1CC[C@H]2CCN(CC3CC3)[C@H]2C1. The predicted octanol–water partition coefficient (Wildman–Crippen LogP) is 2.14. The van der Waals surface area contributed by atoms with Gasteiger partial charge in [-0.15, -0.1) is 0 Å². The molecule has 0 radical (unpaired) electrons. The molecule has 0 N–H and O–H groups in total. The molecular formula is C11H19IN2. The molecule has 0 amide bonds. The first-order valence-electron chi connectivity index (χ1n) is 5.97. The average molecular weight is 306 g/mol. The van der Waals surface area contributed by atoms with Crippen LogP contribution in [0.1, 0.15) is 25.7 Å². The van der Waals surface area contributed by atoms with Crippen LogP contribution in [-0.4, -0.2) is 40.2 Å². The van der Waals surface area contributed by atoms with E-state index in [-0.39, 0.29) is 0 Å². The fourth-order valence-electron chi connectivity index (χ4n) is 3.05. The molecule has 3 rings (SSSR count). The molecule has 3 fully saturated rings. The molecule has 0 aromatic carbocycles. The van der Waals surface area contributed by atoms with Gasteiger partial charge in [-0.25, -0.2) is 3.11 Å². The molecule has 3 aliphatic rings. The lowest BCUT2D eigenvalue weighted by Crippen LogP contribution is -2.45. The van der Waals surface area contributed by atoms with Crippen LogP contribution in [0, 0.1) is 11.8 Å². The van der Waals surface area contributed by atoms with Crippen LogP contribution in [0.3, 0.4) is 0 Å². The summed E-state index contributed by atoms with van der Waals surface area (Å²) in [7, 11) is 0. The van der Waals surface area contributed by atoms with E-state index in [4.69, 9.17) is 0 Å². The molecule has 14 heavy (non-hydrogen) atoms. The minimum Gasteiger partial charge on any atom is -0.299 e. The zero-order valence-corrected chi connectivity index (χ0v) is 10.8. The fourth-order valence-corrected chi connectivity index (χ4v) is 3.73. The van der Waals surface area contributed by atoms with Gasteiger partial charge in [-0.05, 0) is 44.1 Å². The minimum absolute atomic E-state index is 0.904. The summed E-state index contributed by atoms with van der Waals surface area (Å²) in [6.07, 6.45) is 5.92.